The zero-order valence-corrected chi connectivity index (χ0v) is 11.3. The summed E-state index contributed by atoms with van der Waals surface area (Å²) in [6.45, 7) is 5.22. The first-order valence-electron chi connectivity index (χ1n) is 6.21. The van der Waals surface area contributed by atoms with E-state index >= 15 is 0 Å². The topological polar surface area (TPSA) is 105 Å². The molecule has 106 valence electrons. The molecule has 0 saturated heterocycles. The Bertz CT molecular complexity index is 442. The summed E-state index contributed by atoms with van der Waals surface area (Å²) in [5.41, 5.74) is 0. The number of hydrogen-bond donors (Lipinski definition) is 2. The van der Waals surface area contributed by atoms with Crippen LogP contribution in [-0.4, -0.2) is 33.2 Å². The molecule has 0 aromatic carbocycles. The number of carbonyl (C=O) groups excluding carboxylic acids is 1. The van der Waals surface area contributed by atoms with Crippen LogP contribution in [0, 0.1) is 12.8 Å². The Hall–Kier alpha value is -1.92. The van der Waals surface area contributed by atoms with Gasteiger partial charge in [-0.15, -0.1) is 0 Å². The third-order valence-electron chi connectivity index (χ3n) is 2.61. The van der Waals surface area contributed by atoms with Gasteiger partial charge in [-0.3, -0.25) is 4.79 Å². The van der Waals surface area contributed by atoms with Crippen molar-refractivity contribution in [1.82, 2.24) is 15.5 Å². The van der Waals surface area contributed by atoms with Crippen LogP contribution in [0.1, 0.15) is 38.4 Å². The number of carboxylic acid groups (broad SMARTS) is 1. The number of nitrogens with zero attached hydrogens (tertiary/aromatic N) is 2. The Balaban J connectivity index is 2.33. The highest BCUT2D eigenvalue weighted by molar-refractivity contribution is 5.83. The molecule has 0 fully saturated rings. The number of nitrogens with one attached hydrogen (secondary N) is 1. The summed E-state index contributed by atoms with van der Waals surface area (Å²) in [7, 11) is 0. The Kier molecular flexibility index (Phi) is 5.47. The third-order valence-corrected chi connectivity index (χ3v) is 2.61. The lowest BCUT2D eigenvalue weighted by molar-refractivity contribution is -0.143. The van der Waals surface area contributed by atoms with Crippen molar-refractivity contribution in [2.45, 2.75) is 46.1 Å². The molecule has 0 radical (unpaired) electrons. The van der Waals surface area contributed by atoms with Gasteiger partial charge in [0.25, 0.3) is 0 Å². The van der Waals surface area contributed by atoms with Crippen molar-refractivity contribution in [3.8, 4) is 0 Å². The van der Waals surface area contributed by atoms with Gasteiger partial charge in [-0.1, -0.05) is 19.0 Å². The second-order valence-electron chi connectivity index (χ2n) is 4.72. The lowest BCUT2D eigenvalue weighted by Gasteiger charge is -2.17. The molecule has 0 aliphatic rings. The Morgan fingerprint density at radius 1 is 1.42 bits per heavy atom. The van der Waals surface area contributed by atoms with Crippen LogP contribution >= 0.6 is 0 Å². The van der Waals surface area contributed by atoms with E-state index in [0.717, 1.165) is 0 Å². The number of carbonyl (C=O) groups is 2. The number of aliphatic carboxylic acids is 1. The minimum atomic E-state index is -1.02. The second kappa shape index (κ2) is 6.86. The zero-order valence-electron chi connectivity index (χ0n) is 11.3. The molecular weight excluding hydrogens is 250 g/mol. The molecule has 1 amide bonds. The largest absolute Gasteiger partial charge is 0.480 e. The first kappa shape index (κ1) is 15.1. The van der Waals surface area contributed by atoms with Crippen LogP contribution in [0.15, 0.2) is 4.52 Å². The second-order valence-corrected chi connectivity index (χ2v) is 4.72. The number of aryl methyl sites for hydroxylation is 2. The van der Waals surface area contributed by atoms with Crippen molar-refractivity contribution < 1.29 is 19.2 Å². The van der Waals surface area contributed by atoms with Gasteiger partial charge < -0.3 is 14.9 Å². The summed E-state index contributed by atoms with van der Waals surface area (Å²) in [5, 5.41) is 15.1. The van der Waals surface area contributed by atoms with Crippen molar-refractivity contribution in [3.05, 3.63) is 11.7 Å². The van der Waals surface area contributed by atoms with Crippen LogP contribution in [0.2, 0.25) is 0 Å². The smallest absolute Gasteiger partial charge is 0.326 e. The van der Waals surface area contributed by atoms with E-state index in [1.54, 1.807) is 20.8 Å². The van der Waals surface area contributed by atoms with Crippen LogP contribution in [-0.2, 0) is 16.0 Å². The van der Waals surface area contributed by atoms with E-state index in [9.17, 15) is 9.59 Å². The summed E-state index contributed by atoms with van der Waals surface area (Å²) in [4.78, 5) is 26.6. The van der Waals surface area contributed by atoms with E-state index in [-0.39, 0.29) is 18.2 Å². The molecular formula is C12H19N3O4. The molecule has 1 aromatic rings. The molecule has 0 saturated carbocycles. The molecule has 0 aliphatic heterocycles. The lowest BCUT2D eigenvalue weighted by Crippen LogP contribution is -2.44. The quantitative estimate of drug-likeness (QED) is 0.762. The summed E-state index contributed by atoms with van der Waals surface area (Å²) < 4.78 is 4.92. The van der Waals surface area contributed by atoms with E-state index in [2.05, 4.69) is 15.5 Å². The fourth-order valence-electron chi connectivity index (χ4n) is 1.60. The van der Waals surface area contributed by atoms with Crippen molar-refractivity contribution in [2.24, 2.45) is 5.92 Å². The van der Waals surface area contributed by atoms with Gasteiger partial charge in [-0.2, -0.15) is 4.98 Å². The van der Waals surface area contributed by atoms with Gasteiger partial charge in [-0.05, 0) is 19.3 Å². The maximum absolute atomic E-state index is 11.6. The number of rotatable bonds is 7. The van der Waals surface area contributed by atoms with E-state index in [1.807, 2.05) is 0 Å². The average Bonchev–Trinajstić information content (AvgIpc) is 2.71. The molecule has 0 spiro atoms. The number of carboxylic acids is 1. The summed E-state index contributed by atoms with van der Waals surface area (Å²) in [6, 6.07) is -0.849. The molecule has 2 N–H and O–H groups in total. The Morgan fingerprint density at radius 3 is 2.58 bits per heavy atom. The zero-order chi connectivity index (χ0) is 14.4. The van der Waals surface area contributed by atoms with Gasteiger partial charge in [0.1, 0.15) is 6.04 Å². The van der Waals surface area contributed by atoms with Crippen LogP contribution in [0.4, 0.5) is 0 Å². The maximum atomic E-state index is 11.6. The molecule has 1 rings (SSSR count). The van der Waals surface area contributed by atoms with Gasteiger partial charge in [-0.25, -0.2) is 4.79 Å². The molecule has 1 unspecified atom stereocenters. The number of aromatic nitrogens is 2. The predicted octanol–water partition coefficient (Wildman–Crippen LogP) is 0.926. The summed E-state index contributed by atoms with van der Waals surface area (Å²) in [5.74, 6) is -0.401. The van der Waals surface area contributed by atoms with Crippen molar-refractivity contribution in [2.75, 3.05) is 0 Å². The first-order chi connectivity index (χ1) is 8.90. The lowest BCUT2D eigenvalue weighted by atomic mass is 10.0. The third kappa shape index (κ3) is 5.07. The van der Waals surface area contributed by atoms with Crippen molar-refractivity contribution in [1.29, 1.82) is 0 Å². The number of hydrogen-bond acceptors (Lipinski definition) is 5. The first-order valence-corrected chi connectivity index (χ1v) is 6.21. The van der Waals surface area contributed by atoms with Crippen LogP contribution in [0.3, 0.4) is 0 Å². The molecule has 1 aromatic heterocycles. The summed E-state index contributed by atoms with van der Waals surface area (Å²) in [6.07, 6.45) is 1.28. The highest BCUT2D eigenvalue weighted by atomic mass is 16.5. The van der Waals surface area contributed by atoms with Crippen LogP contribution < -0.4 is 5.32 Å². The van der Waals surface area contributed by atoms with Crippen molar-refractivity contribution in [3.63, 3.8) is 0 Å². The average molecular weight is 269 g/mol. The number of amides is 1. The van der Waals surface area contributed by atoms with Gasteiger partial charge in [0.2, 0.25) is 11.8 Å². The minimum absolute atomic E-state index is 0.153. The molecule has 7 heteroatoms. The van der Waals surface area contributed by atoms with Gasteiger partial charge in [0.05, 0.1) is 0 Å². The fourth-order valence-corrected chi connectivity index (χ4v) is 1.60. The van der Waals surface area contributed by atoms with Gasteiger partial charge >= 0.3 is 5.97 Å². The monoisotopic (exact) mass is 269 g/mol. The minimum Gasteiger partial charge on any atom is -0.480 e. The highest BCUT2D eigenvalue weighted by Gasteiger charge is 2.23. The Labute approximate surface area is 111 Å². The molecule has 19 heavy (non-hydrogen) atoms. The van der Waals surface area contributed by atoms with E-state index in [4.69, 9.17) is 9.63 Å². The SMILES string of the molecule is Cc1noc(CCCC(=O)NC(C(=O)O)C(C)C)n1. The molecule has 0 aliphatic carbocycles. The van der Waals surface area contributed by atoms with E-state index in [1.165, 1.54) is 0 Å². The highest BCUT2D eigenvalue weighted by Crippen LogP contribution is 2.05. The predicted molar refractivity (Wildman–Crippen MR) is 66.4 cm³/mol. The normalized spacial score (nSPS) is 12.4. The van der Waals surface area contributed by atoms with Gasteiger partial charge in [0.15, 0.2) is 5.82 Å². The molecule has 1 atom stereocenters. The van der Waals surface area contributed by atoms with E-state index in [0.29, 0.717) is 24.6 Å². The summed E-state index contributed by atoms with van der Waals surface area (Å²) >= 11 is 0. The standard InChI is InChI=1S/C12H19N3O4/c1-7(2)11(12(17)18)14-9(16)5-4-6-10-13-8(3)15-19-10/h7,11H,4-6H2,1-3H3,(H,14,16)(H,17,18). The molecule has 0 bridgehead atoms. The fraction of sp³-hybridized carbons (Fsp3) is 0.667. The Morgan fingerprint density at radius 2 is 2.11 bits per heavy atom. The van der Waals surface area contributed by atoms with Crippen LogP contribution in [0.5, 0.6) is 0 Å². The molecule has 1 heterocycles. The van der Waals surface area contributed by atoms with Crippen LogP contribution in [0.25, 0.3) is 0 Å². The van der Waals surface area contributed by atoms with Gasteiger partial charge in [0, 0.05) is 12.8 Å². The van der Waals surface area contributed by atoms with E-state index < -0.39 is 12.0 Å². The maximum Gasteiger partial charge on any atom is 0.326 e. The molecule has 7 nitrogen and oxygen atoms in total. The van der Waals surface area contributed by atoms with Crippen molar-refractivity contribution >= 4 is 11.9 Å².